The number of aromatic amines is 1. The average Bonchev–Trinajstić information content (AvgIpc) is 3.29. The monoisotopic (exact) mass is 447 g/mol. The second-order valence-corrected chi connectivity index (χ2v) is 8.63. The molecule has 7 nitrogen and oxygen atoms in total. The van der Waals surface area contributed by atoms with Crippen LogP contribution < -0.4 is 5.56 Å². The highest BCUT2D eigenvalue weighted by Crippen LogP contribution is 2.28. The van der Waals surface area contributed by atoms with Gasteiger partial charge in [0.05, 0.1) is 11.3 Å². The number of H-pyrrole nitrogens is 1. The summed E-state index contributed by atoms with van der Waals surface area (Å²) in [6.07, 6.45) is 3.44. The molecule has 0 saturated carbocycles. The van der Waals surface area contributed by atoms with Crippen molar-refractivity contribution in [1.82, 2.24) is 24.8 Å². The lowest BCUT2D eigenvalue weighted by molar-refractivity contribution is 0.0754. The number of fused-ring (bicyclic) bond motifs is 1. The zero-order valence-electron chi connectivity index (χ0n) is 18.3. The molecule has 0 saturated heterocycles. The molecule has 0 radical (unpaired) electrons. The Morgan fingerprint density at radius 3 is 2.59 bits per heavy atom. The van der Waals surface area contributed by atoms with Gasteiger partial charge in [0.25, 0.3) is 11.5 Å². The van der Waals surface area contributed by atoms with Gasteiger partial charge in [0.1, 0.15) is 5.01 Å². The van der Waals surface area contributed by atoms with Gasteiger partial charge in [-0.1, -0.05) is 6.07 Å². The van der Waals surface area contributed by atoms with Crippen LogP contribution in [0.15, 0.2) is 59.0 Å². The summed E-state index contributed by atoms with van der Waals surface area (Å²) in [5.74, 6) is -0.0392. The normalized spacial score (nSPS) is 11.2. The molecule has 1 N–H and O–H groups in total. The van der Waals surface area contributed by atoms with Gasteiger partial charge in [0.2, 0.25) is 0 Å². The standard InChI is InChI=1S/C24H25N5O2S/c1-4-29(12-11-28(2)3)24(31)18-6-5-17-13-19(22(30)26-20(17)14-18)21-15-32-23(27-21)16-7-9-25-10-8-16/h5-10,13-15H,4,11-12H2,1-3H3,(H,26,30). The summed E-state index contributed by atoms with van der Waals surface area (Å²) in [4.78, 5) is 41.2. The summed E-state index contributed by atoms with van der Waals surface area (Å²) in [5, 5.41) is 3.57. The molecule has 0 bridgehead atoms. The Labute approximate surface area is 190 Å². The Morgan fingerprint density at radius 2 is 1.88 bits per heavy atom. The van der Waals surface area contributed by atoms with Crippen LogP contribution in [0.25, 0.3) is 32.7 Å². The second-order valence-electron chi connectivity index (χ2n) is 7.78. The largest absolute Gasteiger partial charge is 0.338 e. The van der Waals surface area contributed by atoms with E-state index in [0.29, 0.717) is 35.4 Å². The number of pyridine rings is 2. The molecule has 0 fully saturated rings. The SMILES string of the molecule is CCN(CCN(C)C)C(=O)c1ccc2cc(-c3csc(-c4ccncc4)n3)c(=O)[nH]c2c1. The molecule has 32 heavy (non-hydrogen) atoms. The Kier molecular flexibility index (Phi) is 6.43. The van der Waals surface area contributed by atoms with E-state index in [-0.39, 0.29) is 11.5 Å². The van der Waals surface area contributed by atoms with Crippen LogP contribution in [-0.2, 0) is 0 Å². The van der Waals surface area contributed by atoms with Crippen molar-refractivity contribution in [3.63, 3.8) is 0 Å². The van der Waals surface area contributed by atoms with Crippen molar-refractivity contribution < 1.29 is 4.79 Å². The van der Waals surface area contributed by atoms with E-state index in [1.165, 1.54) is 11.3 Å². The first-order valence-electron chi connectivity index (χ1n) is 10.4. The molecule has 4 aromatic rings. The molecule has 8 heteroatoms. The summed E-state index contributed by atoms with van der Waals surface area (Å²) < 4.78 is 0. The van der Waals surface area contributed by atoms with Gasteiger partial charge in [0.15, 0.2) is 0 Å². The van der Waals surface area contributed by atoms with Crippen LogP contribution in [-0.4, -0.2) is 64.4 Å². The number of benzene rings is 1. The Bertz CT molecular complexity index is 1300. The number of rotatable bonds is 7. The zero-order valence-corrected chi connectivity index (χ0v) is 19.1. The molecule has 1 aromatic carbocycles. The van der Waals surface area contributed by atoms with Crippen LogP contribution >= 0.6 is 11.3 Å². The molecule has 1 amide bonds. The van der Waals surface area contributed by atoms with Crippen LogP contribution in [0.1, 0.15) is 17.3 Å². The fourth-order valence-corrected chi connectivity index (χ4v) is 4.28. The van der Waals surface area contributed by atoms with E-state index in [4.69, 9.17) is 0 Å². The van der Waals surface area contributed by atoms with E-state index in [2.05, 4.69) is 15.0 Å². The predicted octanol–water partition coefficient (Wildman–Crippen LogP) is 3.74. The average molecular weight is 448 g/mol. The molecule has 4 rings (SSSR count). The number of nitrogens with one attached hydrogen (secondary N) is 1. The van der Waals surface area contributed by atoms with Crippen LogP contribution in [0.5, 0.6) is 0 Å². The molecule has 0 aliphatic rings. The lowest BCUT2D eigenvalue weighted by Gasteiger charge is -2.23. The Hall–Kier alpha value is -3.36. The molecule has 0 aliphatic heterocycles. The highest BCUT2D eigenvalue weighted by molar-refractivity contribution is 7.13. The summed E-state index contributed by atoms with van der Waals surface area (Å²) in [7, 11) is 3.97. The third-order valence-electron chi connectivity index (χ3n) is 5.29. The summed E-state index contributed by atoms with van der Waals surface area (Å²) in [6, 6.07) is 11.1. The van der Waals surface area contributed by atoms with E-state index >= 15 is 0 Å². The van der Waals surface area contributed by atoms with Crippen molar-refractivity contribution in [3.05, 3.63) is 70.1 Å². The highest BCUT2D eigenvalue weighted by atomic mass is 32.1. The number of carbonyl (C=O) groups is 1. The number of likely N-dealkylation sites (N-methyl/N-ethyl adjacent to an activating group) is 2. The van der Waals surface area contributed by atoms with Gasteiger partial charge >= 0.3 is 0 Å². The number of hydrogen-bond acceptors (Lipinski definition) is 6. The van der Waals surface area contributed by atoms with Gasteiger partial charge in [-0.15, -0.1) is 11.3 Å². The molecule has 0 aliphatic carbocycles. The molecular weight excluding hydrogens is 422 g/mol. The fraction of sp³-hybridized carbons (Fsp3) is 0.250. The Morgan fingerprint density at radius 1 is 1.09 bits per heavy atom. The van der Waals surface area contributed by atoms with Crippen molar-refractivity contribution in [1.29, 1.82) is 0 Å². The predicted molar refractivity (Wildman–Crippen MR) is 129 cm³/mol. The topological polar surface area (TPSA) is 82.2 Å². The molecule has 0 spiro atoms. The maximum atomic E-state index is 12.9. The van der Waals surface area contributed by atoms with Crippen LogP contribution in [0, 0.1) is 0 Å². The van der Waals surface area contributed by atoms with Gasteiger partial charge < -0.3 is 14.8 Å². The smallest absolute Gasteiger partial charge is 0.257 e. The van der Waals surface area contributed by atoms with E-state index in [1.807, 2.05) is 66.5 Å². The second kappa shape index (κ2) is 9.42. The quantitative estimate of drug-likeness (QED) is 0.467. The molecule has 0 atom stereocenters. The molecule has 3 aromatic heterocycles. The van der Waals surface area contributed by atoms with Gasteiger partial charge in [-0.05, 0) is 56.7 Å². The van der Waals surface area contributed by atoms with E-state index in [9.17, 15) is 9.59 Å². The Balaban J connectivity index is 1.64. The minimum atomic E-state index is -0.228. The van der Waals surface area contributed by atoms with E-state index in [0.717, 1.165) is 22.5 Å². The van der Waals surface area contributed by atoms with Crippen molar-refractivity contribution in [2.24, 2.45) is 0 Å². The number of nitrogens with zero attached hydrogens (tertiary/aromatic N) is 4. The van der Waals surface area contributed by atoms with Gasteiger partial charge in [-0.2, -0.15) is 0 Å². The van der Waals surface area contributed by atoms with E-state index < -0.39 is 0 Å². The minimum absolute atomic E-state index is 0.0392. The molecule has 3 heterocycles. The number of amides is 1. The third kappa shape index (κ3) is 4.61. The zero-order chi connectivity index (χ0) is 22.7. The fourth-order valence-electron chi connectivity index (χ4n) is 3.46. The van der Waals surface area contributed by atoms with Crippen molar-refractivity contribution >= 4 is 28.1 Å². The number of carbonyl (C=O) groups excluding carboxylic acids is 1. The maximum Gasteiger partial charge on any atom is 0.257 e. The summed E-state index contributed by atoms with van der Waals surface area (Å²) in [5.41, 5.74) is 3.08. The first-order chi connectivity index (χ1) is 15.5. The third-order valence-corrected chi connectivity index (χ3v) is 6.18. The molecular formula is C24H25N5O2S. The van der Waals surface area contributed by atoms with Crippen LogP contribution in [0.4, 0.5) is 0 Å². The van der Waals surface area contributed by atoms with Crippen LogP contribution in [0.2, 0.25) is 0 Å². The highest BCUT2D eigenvalue weighted by Gasteiger charge is 2.16. The van der Waals surface area contributed by atoms with Crippen LogP contribution in [0.3, 0.4) is 0 Å². The lowest BCUT2D eigenvalue weighted by atomic mass is 10.1. The van der Waals surface area contributed by atoms with Gasteiger partial charge in [0, 0.05) is 54.1 Å². The lowest BCUT2D eigenvalue weighted by Crippen LogP contribution is -2.36. The van der Waals surface area contributed by atoms with Gasteiger partial charge in [-0.3, -0.25) is 14.6 Å². The minimum Gasteiger partial charge on any atom is -0.338 e. The summed E-state index contributed by atoms with van der Waals surface area (Å²) in [6.45, 7) is 4.04. The van der Waals surface area contributed by atoms with Gasteiger partial charge in [-0.25, -0.2) is 4.98 Å². The maximum absolute atomic E-state index is 12.9. The first-order valence-corrected chi connectivity index (χ1v) is 11.3. The van der Waals surface area contributed by atoms with E-state index in [1.54, 1.807) is 18.5 Å². The van der Waals surface area contributed by atoms with Crippen molar-refractivity contribution in [3.8, 4) is 21.8 Å². The van der Waals surface area contributed by atoms with Crippen molar-refractivity contribution in [2.45, 2.75) is 6.92 Å². The van der Waals surface area contributed by atoms with Crippen molar-refractivity contribution in [2.75, 3.05) is 33.7 Å². The number of thiazole rings is 1. The summed E-state index contributed by atoms with van der Waals surface area (Å²) >= 11 is 1.48. The molecule has 164 valence electrons. The number of hydrogen-bond donors (Lipinski definition) is 1. The number of aromatic nitrogens is 3. The molecule has 0 unspecified atom stereocenters. The first kappa shape index (κ1) is 21.9.